The molecule has 1 aromatic rings. The molecule has 1 unspecified atom stereocenters. The van der Waals surface area contributed by atoms with E-state index in [0.29, 0.717) is 0 Å². The zero-order chi connectivity index (χ0) is 13.7. The van der Waals surface area contributed by atoms with Crippen LogP contribution in [0.15, 0.2) is 30.8 Å². The van der Waals surface area contributed by atoms with Crippen LogP contribution < -0.4 is 5.73 Å². The van der Waals surface area contributed by atoms with Crippen molar-refractivity contribution < 1.29 is 4.43 Å². The molecule has 1 aliphatic rings. The second kappa shape index (κ2) is 6.50. The normalized spacial score (nSPS) is 23.3. The molecule has 0 bridgehead atoms. The summed E-state index contributed by atoms with van der Waals surface area (Å²) in [5, 5.41) is 1.28. The maximum absolute atomic E-state index is 6.32. The quantitative estimate of drug-likeness (QED) is 0.833. The summed E-state index contributed by atoms with van der Waals surface area (Å²) in [5.41, 5.74) is 8.32. The van der Waals surface area contributed by atoms with Gasteiger partial charge >= 0.3 is 0 Å². The van der Waals surface area contributed by atoms with Crippen LogP contribution >= 0.6 is 0 Å². The summed E-state index contributed by atoms with van der Waals surface area (Å²) in [4.78, 5) is 0. The van der Waals surface area contributed by atoms with Gasteiger partial charge in [0.2, 0.25) is 8.32 Å². The first kappa shape index (κ1) is 14.5. The summed E-state index contributed by atoms with van der Waals surface area (Å²) in [6.45, 7) is 8.25. The molecule has 1 heterocycles. The van der Waals surface area contributed by atoms with Crippen LogP contribution in [0.1, 0.15) is 30.4 Å². The van der Waals surface area contributed by atoms with Crippen molar-refractivity contribution in [2.24, 2.45) is 5.73 Å². The Kier molecular flexibility index (Phi) is 4.97. The van der Waals surface area contributed by atoms with Crippen molar-refractivity contribution in [3.05, 3.63) is 42.0 Å². The Morgan fingerprint density at radius 2 is 2.16 bits per heavy atom. The van der Waals surface area contributed by atoms with Crippen LogP contribution in [0, 0.1) is 6.92 Å². The summed E-state index contributed by atoms with van der Waals surface area (Å²) in [6.07, 6.45) is 3.53. The van der Waals surface area contributed by atoms with Gasteiger partial charge in [0.15, 0.2) is 0 Å². The molecule has 1 saturated heterocycles. The molecule has 0 aliphatic carbocycles. The minimum Gasteiger partial charge on any atom is -0.412 e. The highest BCUT2D eigenvalue weighted by Crippen LogP contribution is 2.38. The molecule has 19 heavy (non-hydrogen) atoms. The van der Waals surface area contributed by atoms with Crippen LogP contribution in [0.2, 0.25) is 12.1 Å². The van der Waals surface area contributed by atoms with Crippen molar-refractivity contribution in [1.29, 1.82) is 0 Å². The zero-order valence-corrected chi connectivity index (χ0v) is 13.0. The van der Waals surface area contributed by atoms with Crippen LogP contribution in [0.3, 0.4) is 0 Å². The molecule has 1 aromatic carbocycles. The topological polar surface area (TPSA) is 35.2 Å². The number of benzene rings is 1. The van der Waals surface area contributed by atoms with Crippen LogP contribution in [-0.2, 0) is 4.43 Å². The Labute approximate surface area is 117 Å². The third-order valence-electron chi connectivity index (χ3n) is 4.16. The van der Waals surface area contributed by atoms with Crippen LogP contribution in [0.25, 0.3) is 5.20 Å². The van der Waals surface area contributed by atoms with Crippen molar-refractivity contribution in [2.75, 3.05) is 13.2 Å². The summed E-state index contributed by atoms with van der Waals surface area (Å²) in [6, 6.07) is 10.9. The lowest BCUT2D eigenvalue weighted by molar-refractivity contribution is 0.275. The van der Waals surface area contributed by atoms with E-state index in [2.05, 4.69) is 37.8 Å². The third-order valence-corrected chi connectivity index (χ3v) is 8.61. The average Bonchev–Trinajstić information content (AvgIpc) is 2.46. The highest BCUT2D eigenvalue weighted by molar-refractivity contribution is 6.91. The van der Waals surface area contributed by atoms with Crippen LogP contribution in [0.5, 0.6) is 0 Å². The fourth-order valence-corrected chi connectivity index (χ4v) is 7.20. The molecule has 2 N–H and O–H groups in total. The van der Waals surface area contributed by atoms with Crippen molar-refractivity contribution in [3.63, 3.8) is 0 Å². The molecule has 0 saturated carbocycles. The highest BCUT2D eigenvalue weighted by atomic mass is 28.4. The van der Waals surface area contributed by atoms with Gasteiger partial charge in [0, 0.05) is 6.61 Å². The second-order valence-corrected chi connectivity index (χ2v) is 9.37. The van der Waals surface area contributed by atoms with Gasteiger partial charge in [0.1, 0.15) is 0 Å². The smallest absolute Gasteiger partial charge is 0.224 e. The molecule has 0 aromatic heterocycles. The fourth-order valence-electron chi connectivity index (χ4n) is 2.98. The number of hydrogen-bond acceptors (Lipinski definition) is 2. The summed E-state index contributed by atoms with van der Waals surface area (Å²) in [5.74, 6) is 0. The largest absolute Gasteiger partial charge is 0.412 e. The highest BCUT2D eigenvalue weighted by Gasteiger charge is 2.40. The third kappa shape index (κ3) is 3.16. The molecule has 3 heteroatoms. The summed E-state index contributed by atoms with van der Waals surface area (Å²) >= 11 is 0. The van der Waals surface area contributed by atoms with E-state index < -0.39 is 8.32 Å². The predicted molar refractivity (Wildman–Crippen MR) is 84.4 cm³/mol. The lowest BCUT2D eigenvalue weighted by Crippen LogP contribution is -2.43. The molecule has 1 atom stereocenters. The minimum atomic E-state index is -1.85. The molecule has 0 amide bonds. The van der Waals surface area contributed by atoms with Gasteiger partial charge in [-0.1, -0.05) is 37.3 Å². The van der Waals surface area contributed by atoms with Crippen molar-refractivity contribution in [3.8, 4) is 0 Å². The molecule has 1 fully saturated rings. The van der Waals surface area contributed by atoms with Crippen LogP contribution in [0.4, 0.5) is 0 Å². The van der Waals surface area contributed by atoms with Crippen molar-refractivity contribution >= 4 is 13.5 Å². The lowest BCUT2D eigenvalue weighted by Gasteiger charge is -2.37. The second-order valence-electron chi connectivity index (χ2n) is 5.49. The van der Waals surface area contributed by atoms with E-state index in [-0.39, 0.29) is 0 Å². The van der Waals surface area contributed by atoms with Crippen molar-refractivity contribution in [1.82, 2.24) is 0 Å². The molecular formula is C16H25NOSi. The Bertz CT molecular complexity index is 438. The van der Waals surface area contributed by atoms with Gasteiger partial charge in [-0.15, -0.1) is 0 Å². The first-order valence-electron chi connectivity index (χ1n) is 7.29. The lowest BCUT2D eigenvalue weighted by atomic mass is 10.1. The predicted octanol–water partition coefficient (Wildman–Crippen LogP) is 3.65. The monoisotopic (exact) mass is 275 g/mol. The minimum absolute atomic E-state index is 0.749. The molecule has 0 radical (unpaired) electrons. The molecule has 104 valence electrons. The standard InChI is InChI=1S/C16H25NOSi/c1-14-8-3-4-9-16(14)15(2)19(13-7-10-17)12-6-5-11-18-19/h3-4,8-9H,2,5-7,10-13,17H2,1H3. The molecular weight excluding hydrogens is 250 g/mol. The maximum atomic E-state index is 6.32. The number of aryl methyl sites for hydroxylation is 1. The van der Waals surface area contributed by atoms with Gasteiger partial charge < -0.3 is 10.2 Å². The SMILES string of the molecule is C=C(c1ccccc1C)[Si]1(CCCN)CCCCO1. The number of hydrogen-bond donors (Lipinski definition) is 1. The van der Waals surface area contributed by atoms with E-state index in [1.807, 2.05) is 0 Å². The number of nitrogens with two attached hydrogens (primary N) is 1. The molecule has 1 aliphatic heterocycles. The van der Waals surface area contributed by atoms with E-state index >= 15 is 0 Å². The van der Waals surface area contributed by atoms with E-state index in [9.17, 15) is 0 Å². The van der Waals surface area contributed by atoms with Crippen LogP contribution in [-0.4, -0.2) is 21.5 Å². The summed E-state index contributed by atoms with van der Waals surface area (Å²) in [7, 11) is -1.85. The molecule has 2 nitrogen and oxygen atoms in total. The molecule has 0 spiro atoms. The van der Waals surface area contributed by atoms with Gasteiger partial charge in [-0.05, 0) is 54.7 Å². The van der Waals surface area contributed by atoms with Gasteiger partial charge in [-0.2, -0.15) is 0 Å². The zero-order valence-electron chi connectivity index (χ0n) is 12.0. The Morgan fingerprint density at radius 3 is 2.79 bits per heavy atom. The van der Waals surface area contributed by atoms with E-state index in [4.69, 9.17) is 10.2 Å². The first-order chi connectivity index (χ1) is 9.19. The average molecular weight is 275 g/mol. The van der Waals surface area contributed by atoms with Gasteiger partial charge in [-0.25, -0.2) is 0 Å². The van der Waals surface area contributed by atoms with Gasteiger partial charge in [0.25, 0.3) is 0 Å². The fraction of sp³-hybridized carbons (Fsp3) is 0.500. The Hall–Kier alpha value is -0.903. The van der Waals surface area contributed by atoms with Crippen molar-refractivity contribution in [2.45, 2.75) is 38.3 Å². The van der Waals surface area contributed by atoms with Gasteiger partial charge in [0.05, 0.1) is 0 Å². The first-order valence-corrected chi connectivity index (χ1v) is 9.61. The van der Waals surface area contributed by atoms with E-state index in [1.54, 1.807) is 0 Å². The Balaban J connectivity index is 2.27. The van der Waals surface area contributed by atoms with Gasteiger partial charge in [-0.3, -0.25) is 0 Å². The molecule has 2 rings (SSSR count). The van der Waals surface area contributed by atoms with E-state index in [1.165, 1.54) is 35.2 Å². The Morgan fingerprint density at radius 1 is 1.37 bits per heavy atom. The number of rotatable bonds is 5. The van der Waals surface area contributed by atoms with E-state index in [0.717, 1.165) is 25.6 Å². The summed E-state index contributed by atoms with van der Waals surface area (Å²) < 4.78 is 6.32. The maximum Gasteiger partial charge on any atom is 0.224 e.